The fourth-order valence-corrected chi connectivity index (χ4v) is 2.94. The highest BCUT2D eigenvalue weighted by molar-refractivity contribution is 6.00. The van der Waals surface area contributed by atoms with Gasteiger partial charge in [0.25, 0.3) is 0 Å². The molecule has 1 aliphatic rings. The van der Waals surface area contributed by atoms with Gasteiger partial charge in [0.15, 0.2) is 0 Å². The third kappa shape index (κ3) is 5.38. The van der Waals surface area contributed by atoms with Crippen molar-refractivity contribution in [2.75, 3.05) is 13.2 Å². The van der Waals surface area contributed by atoms with Gasteiger partial charge in [-0.3, -0.25) is 9.97 Å². The molecule has 28 heavy (non-hydrogen) atoms. The van der Waals surface area contributed by atoms with Crippen LogP contribution in [0.5, 0.6) is 0 Å². The SMILES string of the molecule is C/C(=N/OCC(C)(C)CO/N=C1\CCCc2ccc(C)nc21)c1ccccn1. The van der Waals surface area contributed by atoms with E-state index in [1.165, 1.54) is 5.56 Å². The first-order valence-electron chi connectivity index (χ1n) is 9.68. The molecule has 6 heteroatoms. The molecule has 0 fully saturated rings. The molecule has 0 atom stereocenters. The topological polar surface area (TPSA) is 69.0 Å². The van der Waals surface area contributed by atoms with E-state index in [2.05, 4.69) is 46.3 Å². The summed E-state index contributed by atoms with van der Waals surface area (Å²) in [5.74, 6) is 0. The molecule has 0 bridgehead atoms. The van der Waals surface area contributed by atoms with Gasteiger partial charge in [0.05, 0.1) is 11.4 Å². The third-order valence-corrected chi connectivity index (χ3v) is 4.57. The minimum absolute atomic E-state index is 0.227. The zero-order valence-corrected chi connectivity index (χ0v) is 17.1. The maximum absolute atomic E-state index is 5.68. The number of aromatic nitrogens is 2. The van der Waals surface area contributed by atoms with Crippen LogP contribution in [0.4, 0.5) is 0 Å². The Labute approximate surface area is 166 Å². The number of rotatable bonds is 7. The molecule has 0 unspecified atom stereocenters. The van der Waals surface area contributed by atoms with E-state index in [0.717, 1.165) is 47.8 Å². The first kappa shape index (κ1) is 20.0. The van der Waals surface area contributed by atoms with Gasteiger partial charge in [-0.05, 0) is 56.9 Å². The Morgan fingerprint density at radius 2 is 1.93 bits per heavy atom. The smallest absolute Gasteiger partial charge is 0.125 e. The van der Waals surface area contributed by atoms with E-state index in [0.29, 0.717) is 13.2 Å². The zero-order chi connectivity index (χ0) is 20.0. The van der Waals surface area contributed by atoms with Crippen LogP contribution in [-0.2, 0) is 16.1 Å². The predicted molar refractivity (Wildman–Crippen MR) is 111 cm³/mol. The second kappa shape index (κ2) is 8.95. The molecule has 0 aliphatic heterocycles. The molecule has 0 amide bonds. The van der Waals surface area contributed by atoms with Crippen molar-refractivity contribution in [3.05, 3.63) is 59.2 Å². The van der Waals surface area contributed by atoms with E-state index < -0.39 is 0 Å². The lowest BCUT2D eigenvalue weighted by molar-refractivity contribution is -0.000158. The summed E-state index contributed by atoms with van der Waals surface area (Å²) in [6.45, 7) is 8.88. The normalized spacial score (nSPS) is 16.0. The van der Waals surface area contributed by atoms with Crippen molar-refractivity contribution in [2.45, 2.75) is 47.0 Å². The van der Waals surface area contributed by atoms with Crippen LogP contribution < -0.4 is 0 Å². The van der Waals surface area contributed by atoms with E-state index in [9.17, 15) is 0 Å². The molecule has 2 aromatic rings. The Morgan fingerprint density at radius 1 is 1.11 bits per heavy atom. The molecule has 0 saturated carbocycles. The molecular formula is C22H28N4O2. The molecule has 0 saturated heterocycles. The van der Waals surface area contributed by atoms with E-state index >= 15 is 0 Å². The third-order valence-electron chi connectivity index (χ3n) is 4.57. The maximum Gasteiger partial charge on any atom is 0.125 e. The number of hydrogen-bond donors (Lipinski definition) is 0. The van der Waals surface area contributed by atoms with Gasteiger partial charge in [0.1, 0.15) is 24.6 Å². The zero-order valence-electron chi connectivity index (χ0n) is 17.1. The van der Waals surface area contributed by atoms with Crippen LogP contribution in [0.25, 0.3) is 0 Å². The number of pyridine rings is 2. The monoisotopic (exact) mass is 380 g/mol. The first-order valence-corrected chi connectivity index (χ1v) is 9.68. The summed E-state index contributed by atoms with van der Waals surface area (Å²) in [6, 6.07) is 9.91. The van der Waals surface area contributed by atoms with E-state index in [-0.39, 0.29) is 5.41 Å². The maximum atomic E-state index is 5.68. The Bertz CT molecular complexity index is 860. The molecule has 6 nitrogen and oxygen atoms in total. The summed E-state index contributed by atoms with van der Waals surface area (Å²) in [5, 5.41) is 8.56. The van der Waals surface area contributed by atoms with Crippen molar-refractivity contribution in [3.63, 3.8) is 0 Å². The van der Waals surface area contributed by atoms with Crippen LogP contribution in [-0.4, -0.2) is 34.6 Å². The van der Waals surface area contributed by atoms with E-state index in [4.69, 9.17) is 9.68 Å². The molecule has 0 spiro atoms. The average molecular weight is 380 g/mol. The minimum Gasteiger partial charge on any atom is -0.395 e. The van der Waals surface area contributed by atoms with Gasteiger partial charge in [-0.2, -0.15) is 0 Å². The van der Waals surface area contributed by atoms with Gasteiger partial charge in [0.2, 0.25) is 0 Å². The van der Waals surface area contributed by atoms with Gasteiger partial charge in [0, 0.05) is 17.3 Å². The number of fused-ring (bicyclic) bond motifs is 1. The highest BCUT2D eigenvalue weighted by Gasteiger charge is 2.22. The van der Waals surface area contributed by atoms with Crippen molar-refractivity contribution < 1.29 is 9.68 Å². The number of oxime groups is 2. The Hall–Kier alpha value is -2.76. The van der Waals surface area contributed by atoms with Crippen molar-refractivity contribution in [1.82, 2.24) is 9.97 Å². The van der Waals surface area contributed by atoms with Crippen molar-refractivity contribution in [3.8, 4) is 0 Å². The molecule has 0 N–H and O–H groups in total. The van der Waals surface area contributed by atoms with Crippen LogP contribution in [0.15, 0.2) is 46.8 Å². The number of nitrogens with zero attached hydrogens (tertiary/aromatic N) is 4. The Kier molecular flexibility index (Phi) is 6.39. The summed E-state index contributed by atoms with van der Waals surface area (Å²) >= 11 is 0. The molecule has 2 heterocycles. The Morgan fingerprint density at radius 3 is 2.71 bits per heavy atom. The van der Waals surface area contributed by atoms with Gasteiger partial charge in [-0.1, -0.05) is 36.3 Å². The van der Waals surface area contributed by atoms with Gasteiger partial charge >= 0.3 is 0 Å². The van der Waals surface area contributed by atoms with Gasteiger partial charge < -0.3 is 9.68 Å². The van der Waals surface area contributed by atoms with Crippen LogP contribution in [0, 0.1) is 12.3 Å². The largest absolute Gasteiger partial charge is 0.395 e. The van der Waals surface area contributed by atoms with E-state index in [1.54, 1.807) is 6.20 Å². The minimum atomic E-state index is -0.227. The lowest BCUT2D eigenvalue weighted by Gasteiger charge is -2.22. The lowest BCUT2D eigenvalue weighted by Crippen LogP contribution is -2.24. The molecule has 3 rings (SSSR count). The highest BCUT2D eigenvalue weighted by Crippen LogP contribution is 2.22. The van der Waals surface area contributed by atoms with Gasteiger partial charge in [-0.15, -0.1) is 0 Å². The highest BCUT2D eigenvalue weighted by atomic mass is 16.6. The van der Waals surface area contributed by atoms with Crippen LogP contribution in [0.3, 0.4) is 0 Å². The fourth-order valence-electron chi connectivity index (χ4n) is 2.94. The average Bonchev–Trinajstić information content (AvgIpc) is 2.68. The molecule has 0 aromatic carbocycles. The summed E-state index contributed by atoms with van der Waals surface area (Å²) in [6.07, 6.45) is 4.77. The van der Waals surface area contributed by atoms with Crippen LogP contribution in [0.1, 0.15) is 56.3 Å². The molecule has 1 aliphatic carbocycles. The summed E-state index contributed by atoms with van der Waals surface area (Å²) in [4.78, 5) is 20.1. The fraction of sp³-hybridized carbons (Fsp3) is 0.455. The van der Waals surface area contributed by atoms with Crippen molar-refractivity contribution in [1.29, 1.82) is 0 Å². The number of aryl methyl sites for hydroxylation is 2. The van der Waals surface area contributed by atoms with Crippen molar-refractivity contribution >= 4 is 11.4 Å². The Balaban J connectivity index is 1.54. The van der Waals surface area contributed by atoms with E-state index in [1.807, 2.05) is 32.0 Å². The molecular weight excluding hydrogens is 352 g/mol. The predicted octanol–water partition coefficient (Wildman–Crippen LogP) is 4.31. The summed E-state index contributed by atoms with van der Waals surface area (Å²) in [7, 11) is 0. The van der Waals surface area contributed by atoms with Gasteiger partial charge in [-0.25, -0.2) is 0 Å². The quantitative estimate of drug-likeness (QED) is 0.530. The molecule has 148 valence electrons. The molecule has 2 aromatic heterocycles. The number of hydrogen-bond acceptors (Lipinski definition) is 6. The second-order valence-electron chi connectivity index (χ2n) is 7.95. The second-order valence-corrected chi connectivity index (χ2v) is 7.95. The van der Waals surface area contributed by atoms with Crippen LogP contribution in [0.2, 0.25) is 0 Å². The lowest BCUT2D eigenvalue weighted by atomic mass is 9.94. The standard InChI is InChI=1S/C22H28N4O2/c1-16-11-12-18-8-7-10-20(21(18)24-16)26-28-15-22(3,4)14-27-25-17(2)19-9-5-6-13-23-19/h5-6,9,11-13H,7-8,10,14-15H2,1-4H3/b25-17-,26-20+. The van der Waals surface area contributed by atoms with Crippen molar-refractivity contribution in [2.24, 2.45) is 15.7 Å². The first-order chi connectivity index (χ1) is 13.4. The summed E-state index contributed by atoms with van der Waals surface area (Å²) in [5.41, 5.74) is 5.50. The molecule has 0 radical (unpaired) electrons. The van der Waals surface area contributed by atoms with Crippen LogP contribution >= 0.6 is 0 Å². The summed E-state index contributed by atoms with van der Waals surface area (Å²) < 4.78 is 0.